The Labute approximate surface area is 276 Å². The molecule has 1 aliphatic rings. The second kappa shape index (κ2) is 18.6. The first-order valence-electron chi connectivity index (χ1n) is 15.0. The van der Waals surface area contributed by atoms with Crippen LogP contribution in [0.3, 0.4) is 0 Å². The zero-order valence-electron chi connectivity index (χ0n) is 27.8. The summed E-state index contributed by atoms with van der Waals surface area (Å²) in [5.74, 6) is -0.272. The molecule has 0 aliphatic carbocycles. The molecule has 2 N–H and O–H groups in total. The van der Waals surface area contributed by atoms with E-state index in [0.717, 1.165) is 11.1 Å². The molecule has 2 aromatic rings. The molecule has 11 heteroatoms. The number of hydrogen-bond donors (Lipinski definition) is 2. The van der Waals surface area contributed by atoms with E-state index in [2.05, 4.69) is 33.6 Å². The molecule has 3 rings (SSSR count). The van der Waals surface area contributed by atoms with Gasteiger partial charge in [0.1, 0.15) is 62.8 Å². The first kappa shape index (κ1) is 38.7. The maximum absolute atomic E-state index is 11.4. The Morgan fingerprint density at radius 3 is 1.36 bits per heavy atom. The lowest BCUT2D eigenvalue weighted by atomic mass is 9.78. The number of hydrogen-bond acceptors (Lipinski definition) is 11. The van der Waals surface area contributed by atoms with Crippen molar-refractivity contribution < 1.29 is 53.0 Å². The van der Waals surface area contributed by atoms with Gasteiger partial charge >= 0.3 is 17.9 Å². The molecule has 3 atom stereocenters. The minimum atomic E-state index is -0.951. The van der Waals surface area contributed by atoms with Crippen LogP contribution in [-0.4, -0.2) is 86.1 Å². The second-order valence-electron chi connectivity index (χ2n) is 11.7. The van der Waals surface area contributed by atoms with Gasteiger partial charge in [-0.3, -0.25) is 0 Å². The highest BCUT2D eigenvalue weighted by molar-refractivity contribution is 5.87. The van der Waals surface area contributed by atoms with Crippen LogP contribution < -0.4 is 9.47 Å². The molecule has 1 fully saturated rings. The van der Waals surface area contributed by atoms with Crippen molar-refractivity contribution in [2.24, 2.45) is 0 Å². The van der Waals surface area contributed by atoms with E-state index in [1.807, 2.05) is 48.5 Å². The van der Waals surface area contributed by atoms with E-state index in [4.69, 9.17) is 28.4 Å². The van der Waals surface area contributed by atoms with Crippen molar-refractivity contribution in [3.05, 3.63) is 96.1 Å². The normalized spacial score (nSPS) is 14.7. The van der Waals surface area contributed by atoms with Crippen LogP contribution >= 0.6 is 0 Å². The Morgan fingerprint density at radius 1 is 0.702 bits per heavy atom. The average Bonchev–Trinajstić information content (AvgIpc) is 3.88. The van der Waals surface area contributed by atoms with Gasteiger partial charge in [0.15, 0.2) is 0 Å². The van der Waals surface area contributed by atoms with Gasteiger partial charge in [-0.25, -0.2) is 14.4 Å². The fourth-order valence-corrected chi connectivity index (χ4v) is 3.63. The number of carbonyl (C=O) groups excluding carboxylic acids is 3. The number of benzene rings is 2. The highest BCUT2D eigenvalue weighted by Gasteiger charge is 2.25. The first-order chi connectivity index (χ1) is 22.1. The number of ether oxygens (including phenoxy) is 6. The van der Waals surface area contributed by atoms with E-state index in [0.29, 0.717) is 30.3 Å². The van der Waals surface area contributed by atoms with Crippen LogP contribution in [0.25, 0.3) is 0 Å². The van der Waals surface area contributed by atoms with Crippen molar-refractivity contribution in [2.45, 2.75) is 58.3 Å². The topological polar surface area (TPSA) is 150 Å². The molecular formula is C36H46O11. The maximum Gasteiger partial charge on any atom is 0.333 e. The lowest BCUT2D eigenvalue weighted by Crippen LogP contribution is -2.25. The van der Waals surface area contributed by atoms with Crippen LogP contribution in [0, 0.1) is 0 Å². The second-order valence-corrected chi connectivity index (χ2v) is 11.7. The van der Waals surface area contributed by atoms with Crippen LogP contribution in [-0.2, 0) is 38.7 Å². The predicted octanol–water partition coefficient (Wildman–Crippen LogP) is 4.24. The van der Waals surface area contributed by atoms with Gasteiger partial charge in [0.2, 0.25) is 0 Å². The Kier molecular flexibility index (Phi) is 15.4. The summed E-state index contributed by atoms with van der Waals surface area (Å²) in [6.45, 7) is 20.0. The minimum Gasteiger partial charge on any atom is -0.491 e. The summed E-state index contributed by atoms with van der Waals surface area (Å²) in [6.07, 6.45) is -1.76. The van der Waals surface area contributed by atoms with Gasteiger partial charge in [-0.05, 0) is 56.2 Å². The highest BCUT2D eigenvalue weighted by Crippen LogP contribution is 2.33. The Hall–Kier alpha value is -4.45. The molecule has 0 aromatic heterocycles. The zero-order chi connectivity index (χ0) is 35.1. The van der Waals surface area contributed by atoms with Gasteiger partial charge in [-0.15, -0.1) is 0 Å². The standard InChI is InChI=1S/C29H36O8.C7H10O3/c1-19(2)27(32)36-17-23(30)15-34-25-11-7-21(8-12-25)29(5,6)22-9-13-26(14-10-22)35-16-24(31)18-37-28(33)20(3)4;1-5(2)7(8)10-4-6-3-9-6/h7-14,23-24,30-31H,1,3,15-18H2,2,4-6H3;6H,1,3-4H2,2H3. The quantitative estimate of drug-likeness (QED) is 0.109. The third-order valence-electron chi connectivity index (χ3n) is 6.70. The van der Waals surface area contributed by atoms with Crippen LogP contribution in [0.5, 0.6) is 11.5 Å². The molecular weight excluding hydrogens is 608 g/mol. The fraction of sp³-hybridized carbons (Fsp3) is 0.417. The highest BCUT2D eigenvalue weighted by atomic mass is 16.6. The summed E-state index contributed by atoms with van der Waals surface area (Å²) < 4.78 is 30.6. The zero-order valence-corrected chi connectivity index (χ0v) is 27.8. The van der Waals surface area contributed by atoms with Crippen LogP contribution in [0.2, 0.25) is 0 Å². The molecule has 47 heavy (non-hydrogen) atoms. The van der Waals surface area contributed by atoms with Crippen molar-refractivity contribution in [1.82, 2.24) is 0 Å². The molecule has 1 aliphatic heterocycles. The van der Waals surface area contributed by atoms with Gasteiger partial charge in [0.25, 0.3) is 0 Å². The van der Waals surface area contributed by atoms with E-state index in [1.165, 1.54) is 13.8 Å². The van der Waals surface area contributed by atoms with E-state index in [9.17, 15) is 24.6 Å². The van der Waals surface area contributed by atoms with Crippen molar-refractivity contribution >= 4 is 17.9 Å². The van der Waals surface area contributed by atoms with Crippen molar-refractivity contribution in [3.8, 4) is 11.5 Å². The molecule has 0 radical (unpaired) electrons. The summed E-state index contributed by atoms with van der Waals surface area (Å²) in [5, 5.41) is 19.9. The molecule has 1 saturated heterocycles. The molecule has 11 nitrogen and oxygen atoms in total. The summed E-state index contributed by atoms with van der Waals surface area (Å²) in [7, 11) is 0. The summed E-state index contributed by atoms with van der Waals surface area (Å²) in [5.41, 5.74) is 2.76. The van der Waals surface area contributed by atoms with Crippen molar-refractivity contribution in [3.63, 3.8) is 0 Å². The number of rotatable bonds is 17. The smallest absolute Gasteiger partial charge is 0.333 e. The SMILES string of the molecule is C=C(C)C(=O)OCC(O)COc1ccc(C(C)(C)c2ccc(OCC(O)COC(=O)C(=C)C)cc2)cc1.C=C(C)C(=O)OCC1CO1. The Balaban J connectivity index is 0.000000651. The molecule has 0 amide bonds. The van der Waals surface area contributed by atoms with E-state index < -0.39 is 24.1 Å². The van der Waals surface area contributed by atoms with Crippen LogP contribution in [0.1, 0.15) is 45.7 Å². The van der Waals surface area contributed by atoms with Crippen molar-refractivity contribution in [1.29, 1.82) is 0 Å². The Morgan fingerprint density at radius 2 is 1.04 bits per heavy atom. The third kappa shape index (κ3) is 14.2. The van der Waals surface area contributed by atoms with Gasteiger partial charge < -0.3 is 38.6 Å². The van der Waals surface area contributed by atoms with E-state index in [-0.39, 0.29) is 55.1 Å². The molecule has 0 bridgehead atoms. The van der Waals surface area contributed by atoms with Gasteiger partial charge in [0.05, 0.1) is 6.61 Å². The maximum atomic E-state index is 11.4. The molecule has 0 saturated carbocycles. The molecule has 2 aromatic carbocycles. The van der Waals surface area contributed by atoms with Crippen LogP contribution in [0.4, 0.5) is 0 Å². The van der Waals surface area contributed by atoms with E-state index >= 15 is 0 Å². The van der Waals surface area contributed by atoms with Gasteiger partial charge in [-0.1, -0.05) is 57.8 Å². The monoisotopic (exact) mass is 654 g/mol. The summed E-state index contributed by atoms with van der Waals surface area (Å²) in [4.78, 5) is 33.5. The molecule has 256 valence electrons. The fourth-order valence-electron chi connectivity index (χ4n) is 3.63. The predicted molar refractivity (Wildman–Crippen MR) is 175 cm³/mol. The lowest BCUT2D eigenvalue weighted by molar-refractivity contribution is -0.143. The number of aliphatic hydroxyl groups is 2. The molecule has 0 spiro atoms. The number of esters is 3. The largest absolute Gasteiger partial charge is 0.491 e. The van der Waals surface area contributed by atoms with Crippen molar-refractivity contribution in [2.75, 3.05) is 39.6 Å². The summed E-state index contributed by atoms with van der Waals surface area (Å²) in [6, 6.07) is 15.1. The minimum absolute atomic E-state index is 0.0152. The molecule has 1 heterocycles. The Bertz CT molecular complexity index is 1290. The number of carbonyl (C=O) groups is 3. The lowest BCUT2D eigenvalue weighted by Gasteiger charge is -2.26. The number of aliphatic hydroxyl groups excluding tert-OH is 2. The molecule has 3 unspecified atom stereocenters. The van der Waals surface area contributed by atoms with E-state index in [1.54, 1.807) is 6.92 Å². The summed E-state index contributed by atoms with van der Waals surface area (Å²) >= 11 is 0. The van der Waals surface area contributed by atoms with Gasteiger partial charge in [-0.2, -0.15) is 0 Å². The third-order valence-corrected chi connectivity index (χ3v) is 6.70. The van der Waals surface area contributed by atoms with Crippen LogP contribution in [0.15, 0.2) is 85.0 Å². The van der Waals surface area contributed by atoms with Gasteiger partial charge in [0, 0.05) is 22.1 Å². The number of epoxide rings is 1. The first-order valence-corrected chi connectivity index (χ1v) is 15.0. The average molecular weight is 655 g/mol.